The number of thioether (sulfide) groups is 2. The minimum Gasteiger partial charge on any atom is -0.355 e. The van der Waals surface area contributed by atoms with Crippen LogP contribution in [0.25, 0.3) is 0 Å². The van der Waals surface area contributed by atoms with E-state index in [0.717, 1.165) is 6.07 Å². The molecule has 0 amide bonds. The van der Waals surface area contributed by atoms with Gasteiger partial charge in [-0.1, -0.05) is 35.0 Å². The van der Waals surface area contributed by atoms with Crippen LogP contribution >= 0.6 is 46.7 Å². The Morgan fingerprint density at radius 1 is 1.13 bits per heavy atom. The number of hydrogen-bond acceptors (Lipinski definition) is 2. The third-order valence-corrected chi connectivity index (χ3v) is 2.94. The van der Waals surface area contributed by atoms with Crippen LogP contribution in [0.2, 0.25) is 0 Å². The first-order valence-corrected chi connectivity index (χ1v) is 5.74. The van der Waals surface area contributed by atoms with E-state index in [2.05, 4.69) is 4.98 Å². The van der Waals surface area contributed by atoms with E-state index in [1.165, 1.54) is 6.20 Å². The summed E-state index contributed by atoms with van der Waals surface area (Å²) < 4.78 is 45.8. The van der Waals surface area contributed by atoms with E-state index in [1.807, 2.05) is 0 Å². The van der Waals surface area contributed by atoms with Crippen LogP contribution in [0.5, 0.6) is 0 Å². The van der Waals surface area contributed by atoms with Gasteiger partial charge in [-0.15, -0.1) is 0 Å². The highest BCUT2D eigenvalue weighted by molar-refractivity contribution is 8.03. The molecule has 0 saturated heterocycles. The molecule has 0 radical (unpaired) electrons. The maximum absolute atomic E-state index is 12.7. The highest BCUT2D eigenvalue weighted by Crippen LogP contribution is 2.43. The van der Waals surface area contributed by atoms with Crippen molar-refractivity contribution in [2.75, 3.05) is 0 Å². The number of aromatic nitrogens is 1. The van der Waals surface area contributed by atoms with Gasteiger partial charge >= 0.3 is 9.43 Å². The molecule has 1 nitrogen and oxygen atoms in total. The molecule has 1 heterocycles. The zero-order valence-corrected chi connectivity index (χ0v) is 9.88. The van der Waals surface area contributed by atoms with Crippen molar-refractivity contribution < 1.29 is 17.6 Å². The van der Waals surface area contributed by atoms with Gasteiger partial charge in [0.2, 0.25) is 0 Å². The van der Waals surface area contributed by atoms with Crippen molar-refractivity contribution in [2.24, 2.45) is 0 Å². The number of rotatable bonds is 3. The minimum absolute atomic E-state index is 0.150. The molecule has 0 fully saturated rings. The van der Waals surface area contributed by atoms with E-state index in [1.54, 1.807) is 0 Å². The quantitative estimate of drug-likeness (QED) is 0.491. The van der Waals surface area contributed by atoms with Crippen molar-refractivity contribution in [3.05, 3.63) is 12.3 Å². The predicted molar refractivity (Wildman–Crippen MR) is 54.1 cm³/mol. The molecule has 0 aliphatic carbocycles. The largest absolute Gasteiger partial charge is 0.447 e. The van der Waals surface area contributed by atoms with Crippen LogP contribution in [0, 0.1) is 0 Å². The summed E-state index contributed by atoms with van der Waals surface area (Å²) in [5.74, 6) is 0. The first-order valence-electron chi connectivity index (χ1n) is 3.36. The SMILES string of the molecule is FC(F)(F)Sc1cc(SC(F)(Cl)Cl)c[nH]1. The molecule has 0 atom stereocenters. The first-order chi connectivity index (χ1) is 6.66. The predicted octanol–water partition coefficient (Wildman–Crippen LogP) is 4.78. The first kappa shape index (κ1) is 13.3. The summed E-state index contributed by atoms with van der Waals surface area (Å²) >= 11 is 10.1. The second kappa shape index (κ2) is 4.65. The molecule has 15 heavy (non-hydrogen) atoms. The molecule has 0 bridgehead atoms. The van der Waals surface area contributed by atoms with E-state index < -0.39 is 9.43 Å². The zero-order valence-electron chi connectivity index (χ0n) is 6.74. The van der Waals surface area contributed by atoms with E-state index in [4.69, 9.17) is 23.2 Å². The van der Waals surface area contributed by atoms with Gasteiger partial charge in [0.25, 0.3) is 0 Å². The van der Waals surface area contributed by atoms with E-state index in [9.17, 15) is 17.6 Å². The average molecular weight is 300 g/mol. The van der Waals surface area contributed by atoms with E-state index in [-0.39, 0.29) is 21.7 Å². The van der Waals surface area contributed by atoms with Crippen molar-refractivity contribution >= 4 is 46.7 Å². The Kier molecular flexibility index (Phi) is 4.13. The number of alkyl halides is 6. The Labute approximate surface area is 101 Å². The number of H-pyrrole nitrogens is 1. The minimum atomic E-state index is -4.39. The number of nitrogens with one attached hydrogen (secondary N) is 1. The van der Waals surface area contributed by atoms with Crippen LogP contribution in [-0.2, 0) is 0 Å². The molecule has 0 spiro atoms. The molecule has 86 valence electrons. The van der Waals surface area contributed by atoms with Crippen molar-refractivity contribution in [3.63, 3.8) is 0 Å². The van der Waals surface area contributed by atoms with Crippen molar-refractivity contribution in [3.8, 4) is 0 Å². The van der Waals surface area contributed by atoms with Crippen LogP contribution in [-0.4, -0.2) is 14.4 Å². The van der Waals surface area contributed by atoms with Gasteiger partial charge in [0.15, 0.2) is 0 Å². The normalized spacial score (nSPS) is 13.2. The van der Waals surface area contributed by atoms with Crippen molar-refractivity contribution in [1.29, 1.82) is 0 Å². The molecule has 0 aromatic carbocycles. The molecule has 1 rings (SSSR count). The molecular formula is C6H3Cl2F4NS2. The fourth-order valence-electron chi connectivity index (χ4n) is 0.731. The van der Waals surface area contributed by atoms with Gasteiger partial charge in [-0.25, -0.2) is 0 Å². The lowest BCUT2D eigenvalue weighted by molar-refractivity contribution is -0.0329. The average Bonchev–Trinajstić information content (AvgIpc) is 2.28. The fraction of sp³-hybridized carbons (Fsp3) is 0.333. The van der Waals surface area contributed by atoms with Gasteiger partial charge in [-0.05, 0) is 6.07 Å². The fourth-order valence-corrected chi connectivity index (χ4v) is 2.46. The monoisotopic (exact) mass is 299 g/mol. The van der Waals surface area contributed by atoms with Crippen molar-refractivity contribution in [2.45, 2.75) is 19.3 Å². The second-order valence-electron chi connectivity index (χ2n) is 2.30. The third kappa shape index (κ3) is 5.79. The van der Waals surface area contributed by atoms with Gasteiger partial charge in [-0.3, -0.25) is 0 Å². The maximum Gasteiger partial charge on any atom is 0.447 e. The van der Waals surface area contributed by atoms with E-state index in [0.29, 0.717) is 11.8 Å². The number of aromatic amines is 1. The van der Waals surface area contributed by atoms with Crippen LogP contribution in [0.4, 0.5) is 17.6 Å². The topological polar surface area (TPSA) is 15.8 Å². The smallest absolute Gasteiger partial charge is 0.355 e. The summed E-state index contributed by atoms with van der Waals surface area (Å²) in [6.07, 6.45) is 1.19. The summed E-state index contributed by atoms with van der Waals surface area (Å²) in [7, 11) is 0. The molecule has 0 unspecified atom stereocenters. The molecule has 0 aliphatic heterocycles. The zero-order chi connectivity index (χ0) is 11.7. The lowest BCUT2D eigenvalue weighted by atomic mass is 10.7. The Bertz CT molecular complexity index is 302. The lowest BCUT2D eigenvalue weighted by Crippen LogP contribution is -1.98. The molecular weight excluding hydrogens is 297 g/mol. The van der Waals surface area contributed by atoms with Crippen molar-refractivity contribution in [1.82, 2.24) is 4.98 Å². The highest BCUT2D eigenvalue weighted by Gasteiger charge is 2.31. The molecule has 1 aromatic heterocycles. The highest BCUT2D eigenvalue weighted by atomic mass is 35.5. The summed E-state index contributed by atoms with van der Waals surface area (Å²) in [6, 6.07) is 1.11. The van der Waals surface area contributed by atoms with Crippen LogP contribution in [0.3, 0.4) is 0 Å². The summed E-state index contributed by atoms with van der Waals surface area (Å²) in [5.41, 5.74) is -4.39. The van der Waals surface area contributed by atoms with Crippen LogP contribution in [0.15, 0.2) is 22.2 Å². The van der Waals surface area contributed by atoms with Crippen LogP contribution in [0.1, 0.15) is 0 Å². The lowest BCUT2D eigenvalue weighted by Gasteiger charge is -2.05. The number of hydrogen-bond donors (Lipinski definition) is 1. The van der Waals surface area contributed by atoms with Gasteiger partial charge in [0.1, 0.15) is 0 Å². The van der Waals surface area contributed by atoms with Gasteiger partial charge < -0.3 is 4.98 Å². The summed E-state index contributed by atoms with van der Waals surface area (Å²) in [6.45, 7) is 0. The molecule has 9 heteroatoms. The Morgan fingerprint density at radius 3 is 2.20 bits per heavy atom. The number of halogens is 6. The molecule has 1 N–H and O–H groups in total. The standard InChI is InChI=1S/C6H3Cl2F4NS2/c7-5(8,9)14-3-1-4(13-2-3)15-6(10,11)12/h1-2,13H. The molecule has 0 aliphatic rings. The Morgan fingerprint density at radius 2 is 1.73 bits per heavy atom. The summed E-state index contributed by atoms with van der Waals surface area (Å²) in [5, 5.41) is -0.150. The van der Waals surface area contributed by atoms with Crippen LogP contribution < -0.4 is 0 Å². The van der Waals surface area contributed by atoms with Gasteiger partial charge in [-0.2, -0.15) is 17.6 Å². The molecule has 0 saturated carbocycles. The van der Waals surface area contributed by atoms with E-state index >= 15 is 0 Å². The summed E-state index contributed by atoms with van der Waals surface area (Å²) in [4.78, 5) is 2.51. The Hall–Kier alpha value is 0.280. The molecule has 1 aromatic rings. The van der Waals surface area contributed by atoms with Gasteiger partial charge in [0, 0.05) is 22.9 Å². The second-order valence-corrected chi connectivity index (χ2v) is 6.32. The third-order valence-electron chi connectivity index (χ3n) is 1.09. The Balaban J connectivity index is 2.65. The maximum atomic E-state index is 12.7. The van der Waals surface area contributed by atoms with Gasteiger partial charge in [0.05, 0.1) is 5.03 Å².